The fourth-order valence-corrected chi connectivity index (χ4v) is 2.33. The van der Waals surface area contributed by atoms with Crippen LogP contribution in [0.1, 0.15) is 52.9 Å². The molecule has 0 aromatic carbocycles. The fraction of sp³-hybridized carbons (Fsp3) is 0.800. The van der Waals surface area contributed by atoms with Crippen molar-refractivity contribution in [1.82, 2.24) is 4.90 Å². The molecule has 1 rings (SSSR count). The molecule has 0 radical (unpaired) electrons. The Balaban J connectivity index is 2.54. The maximum atomic E-state index is 12.3. The van der Waals surface area contributed by atoms with Crippen LogP contribution in [0.25, 0.3) is 0 Å². The Labute approximate surface area is 111 Å². The Morgan fingerprint density at radius 3 is 2.67 bits per heavy atom. The number of hydrogen-bond acceptors (Lipinski definition) is 2. The van der Waals surface area contributed by atoms with Crippen LogP contribution in [0.3, 0.4) is 0 Å². The molecule has 0 heterocycles. The number of rotatable bonds is 6. The molecule has 104 valence electrons. The quantitative estimate of drug-likeness (QED) is 0.739. The SMILES string of the molecule is CCN(CC(C)(C)CN)C(=O)CC1=CCCCC1. The molecule has 0 bridgehead atoms. The molecule has 2 N–H and O–H groups in total. The van der Waals surface area contributed by atoms with Gasteiger partial charge in [0, 0.05) is 19.5 Å². The number of carbonyl (C=O) groups is 1. The second-order valence-corrected chi connectivity index (χ2v) is 6.06. The van der Waals surface area contributed by atoms with Crippen LogP contribution in [0.15, 0.2) is 11.6 Å². The van der Waals surface area contributed by atoms with E-state index in [4.69, 9.17) is 5.73 Å². The molecule has 0 fully saturated rings. The zero-order valence-corrected chi connectivity index (χ0v) is 12.2. The van der Waals surface area contributed by atoms with Crippen molar-refractivity contribution in [2.24, 2.45) is 11.1 Å². The Hall–Kier alpha value is -0.830. The minimum Gasteiger partial charge on any atom is -0.342 e. The van der Waals surface area contributed by atoms with Crippen LogP contribution < -0.4 is 5.73 Å². The van der Waals surface area contributed by atoms with Crippen molar-refractivity contribution in [3.8, 4) is 0 Å². The van der Waals surface area contributed by atoms with Gasteiger partial charge in [-0.15, -0.1) is 0 Å². The lowest BCUT2D eigenvalue weighted by Crippen LogP contribution is -2.42. The summed E-state index contributed by atoms with van der Waals surface area (Å²) in [7, 11) is 0. The van der Waals surface area contributed by atoms with E-state index >= 15 is 0 Å². The maximum Gasteiger partial charge on any atom is 0.226 e. The average molecular weight is 252 g/mol. The van der Waals surface area contributed by atoms with E-state index in [-0.39, 0.29) is 11.3 Å². The van der Waals surface area contributed by atoms with Gasteiger partial charge in [-0.2, -0.15) is 0 Å². The smallest absolute Gasteiger partial charge is 0.226 e. The zero-order chi connectivity index (χ0) is 13.6. The van der Waals surface area contributed by atoms with Gasteiger partial charge < -0.3 is 10.6 Å². The van der Waals surface area contributed by atoms with Crippen molar-refractivity contribution in [3.05, 3.63) is 11.6 Å². The van der Waals surface area contributed by atoms with E-state index in [1.165, 1.54) is 18.4 Å². The van der Waals surface area contributed by atoms with Crippen molar-refractivity contribution in [3.63, 3.8) is 0 Å². The van der Waals surface area contributed by atoms with Gasteiger partial charge in [0.25, 0.3) is 0 Å². The molecular weight excluding hydrogens is 224 g/mol. The minimum atomic E-state index is 0.00656. The number of carbonyl (C=O) groups excluding carboxylic acids is 1. The van der Waals surface area contributed by atoms with Crippen LogP contribution in [-0.4, -0.2) is 30.4 Å². The van der Waals surface area contributed by atoms with Crippen LogP contribution >= 0.6 is 0 Å². The molecule has 0 saturated heterocycles. The van der Waals surface area contributed by atoms with Crippen molar-refractivity contribution < 1.29 is 4.79 Å². The highest BCUT2D eigenvalue weighted by Crippen LogP contribution is 2.22. The molecule has 0 saturated carbocycles. The Bertz CT molecular complexity index is 308. The van der Waals surface area contributed by atoms with E-state index in [1.807, 2.05) is 11.8 Å². The monoisotopic (exact) mass is 252 g/mol. The number of allylic oxidation sites excluding steroid dienone is 1. The summed E-state index contributed by atoms with van der Waals surface area (Å²) in [5.41, 5.74) is 7.08. The predicted molar refractivity (Wildman–Crippen MR) is 76.3 cm³/mol. The van der Waals surface area contributed by atoms with Crippen molar-refractivity contribution in [2.75, 3.05) is 19.6 Å². The Morgan fingerprint density at radius 1 is 1.44 bits per heavy atom. The summed E-state index contributed by atoms with van der Waals surface area (Å²) in [6, 6.07) is 0. The van der Waals surface area contributed by atoms with Gasteiger partial charge in [-0.05, 0) is 44.6 Å². The lowest BCUT2D eigenvalue weighted by molar-refractivity contribution is -0.131. The molecule has 3 nitrogen and oxygen atoms in total. The molecule has 0 aliphatic heterocycles. The molecule has 0 atom stereocenters. The third kappa shape index (κ3) is 4.81. The van der Waals surface area contributed by atoms with Gasteiger partial charge in [0.05, 0.1) is 0 Å². The Kier molecular flexibility index (Phi) is 5.86. The lowest BCUT2D eigenvalue weighted by atomic mass is 9.92. The molecule has 18 heavy (non-hydrogen) atoms. The summed E-state index contributed by atoms with van der Waals surface area (Å²) >= 11 is 0. The summed E-state index contributed by atoms with van der Waals surface area (Å²) in [5, 5.41) is 0. The van der Waals surface area contributed by atoms with E-state index in [0.717, 1.165) is 25.9 Å². The molecular formula is C15H28N2O. The lowest BCUT2D eigenvalue weighted by Gasteiger charge is -2.31. The summed E-state index contributed by atoms with van der Waals surface area (Å²) < 4.78 is 0. The van der Waals surface area contributed by atoms with Gasteiger partial charge >= 0.3 is 0 Å². The second kappa shape index (κ2) is 6.93. The minimum absolute atomic E-state index is 0.00656. The van der Waals surface area contributed by atoms with Crippen molar-refractivity contribution in [2.45, 2.75) is 52.9 Å². The number of nitrogens with zero attached hydrogens (tertiary/aromatic N) is 1. The fourth-order valence-electron chi connectivity index (χ4n) is 2.33. The van der Waals surface area contributed by atoms with Gasteiger partial charge in [0.15, 0.2) is 0 Å². The number of nitrogens with two attached hydrogens (primary N) is 1. The molecule has 1 aliphatic rings. The van der Waals surface area contributed by atoms with E-state index in [2.05, 4.69) is 19.9 Å². The molecule has 3 heteroatoms. The molecule has 1 amide bonds. The third-order valence-corrected chi connectivity index (χ3v) is 3.67. The van der Waals surface area contributed by atoms with Gasteiger partial charge in [-0.25, -0.2) is 0 Å². The topological polar surface area (TPSA) is 46.3 Å². The van der Waals surface area contributed by atoms with Crippen molar-refractivity contribution in [1.29, 1.82) is 0 Å². The van der Waals surface area contributed by atoms with Crippen LogP contribution in [0.4, 0.5) is 0 Å². The first-order chi connectivity index (χ1) is 8.48. The van der Waals surface area contributed by atoms with Crippen molar-refractivity contribution >= 4 is 5.91 Å². The normalized spacial score (nSPS) is 16.3. The molecule has 0 aromatic heterocycles. The highest BCUT2D eigenvalue weighted by Gasteiger charge is 2.23. The van der Waals surface area contributed by atoms with E-state index in [9.17, 15) is 4.79 Å². The molecule has 0 aromatic rings. The first-order valence-electron chi connectivity index (χ1n) is 7.14. The molecule has 0 unspecified atom stereocenters. The number of amides is 1. The summed E-state index contributed by atoms with van der Waals surface area (Å²) in [6.45, 7) is 8.41. The first kappa shape index (κ1) is 15.2. The molecule has 0 spiro atoms. The maximum absolute atomic E-state index is 12.3. The second-order valence-electron chi connectivity index (χ2n) is 6.06. The zero-order valence-electron chi connectivity index (χ0n) is 12.2. The largest absolute Gasteiger partial charge is 0.342 e. The van der Waals surface area contributed by atoms with Gasteiger partial charge in [-0.3, -0.25) is 4.79 Å². The summed E-state index contributed by atoms with van der Waals surface area (Å²) in [6.07, 6.45) is 7.61. The number of hydrogen-bond donors (Lipinski definition) is 1. The molecule has 1 aliphatic carbocycles. The van der Waals surface area contributed by atoms with Gasteiger partial charge in [0.1, 0.15) is 0 Å². The average Bonchev–Trinajstić information content (AvgIpc) is 2.37. The Morgan fingerprint density at radius 2 is 2.17 bits per heavy atom. The van der Waals surface area contributed by atoms with Crippen LogP contribution in [0.5, 0.6) is 0 Å². The third-order valence-electron chi connectivity index (χ3n) is 3.67. The first-order valence-corrected chi connectivity index (χ1v) is 7.14. The van der Waals surface area contributed by atoms with Crippen LogP contribution in [-0.2, 0) is 4.79 Å². The predicted octanol–water partition coefficient (Wildman–Crippen LogP) is 2.71. The van der Waals surface area contributed by atoms with E-state index < -0.39 is 0 Å². The van der Waals surface area contributed by atoms with E-state index in [1.54, 1.807) is 0 Å². The highest BCUT2D eigenvalue weighted by atomic mass is 16.2. The standard InChI is InChI=1S/C15H28N2O/c1-4-17(12-15(2,3)11-16)14(18)10-13-8-6-5-7-9-13/h8H,4-7,9-12,16H2,1-3H3. The van der Waals surface area contributed by atoms with Crippen LogP contribution in [0, 0.1) is 5.41 Å². The van der Waals surface area contributed by atoms with Crippen LogP contribution in [0.2, 0.25) is 0 Å². The van der Waals surface area contributed by atoms with Gasteiger partial charge in [-0.1, -0.05) is 25.5 Å². The van der Waals surface area contributed by atoms with Gasteiger partial charge in [0.2, 0.25) is 5.91 Å². The highest BCUT2D eigenvalue weighted by molar-refractivity contribution is 5.78. The van der Waals surface area contributed by atoms with E-state index in [0.29, 0.717) is 13.0 Å². The summed E-state index contributed by atoms with van der Waals surface area (Å²) in [5.74, 6) is 0.257. The summed E-state index contributed by atoms with van der Waals surface area (Å²) in [4.78, 5) is 14.2.